The molecular weight excluding hydrogens is 302 g/mol. The van der Waals surface area contributed by atoms with Crippen LogP contribution in [-0.4, -0.2) is 5.91 Å². The van der Waals surface area contributed by atoms with Crippen LogP contribution in [0.25, 0.3) is 0 Å². The summed E-state index contributed by atoms with van der Waals surface area (Å²) in [4.78, 5) is 12.3. The first-order valence-corrected chi connectivity index (χ1v) is 7.51. The van der Waals surface area contributed by atoms with Crippen LogP contribution in [-0.2, 0) is 10.3 Å². The first kappa shape index (κ1) is 14.3. The van der Waals surface area contributed by atoms with Gasteiger partial charge < -0.3 is 5.32 Å². The number of rotatable bonds is 3. The SMILES string of the molecule is CC(C)(NC(=O)C1CC=CCC1)c1ccc(Br)cc1. The molecule has 2 nitrogen and oxygen atoms in total. The van der Waals surface area contributed by atoms with Crippen molar-refractivity contribution < 1.29 is 4.79 Å². The van der Waals surface area contributed by atoms with Gasteiger partial charge >= 0.3 is 0 Å². The predicted octanol–water partition coefficient (Wildman–Crippen LogP) is 4.16. The fourth-order valence-electron chi connectivity index (χ4n) is 2.38. The normalized spacial score (nSPS) is 19.2. The average molecular weight is 322 g/mol. The molecule has 1 amide bonds. The van der Waals surface area contributed by atoms with Gasteiger partial charge in [0.05, 0.1) is 5.54 Å². The standard InChI is InChI=1S/C16H20BrNO/c1-16(2,13-8-10-14(17)11-9-13)18-15(19)12-6-4-3-5-7-12/h3-4,8-12H,5-7H2,1-2H3,(H,18,19). The van der Waals surface area contributed by atoms with E-state index in [1.165, 1.54) is 0 Å². The van der Waals surface area contributed by atoms with E-state index in [-0.39, 0.29) is 17.4 Å². The first-order valence-electron chi connectivity index (χ1n) is 6.72. The number of allylic oxidation sites excluding steroid dienone is 2. The van der Waals surface area contributed by atoms with Gasteiger partial charge in [0.15, 0.2) is 0 Å². The van der Waals surface area contributed by atoms with E-state index in [1.54, 1.807) is 0 Å². The van der Waals surface area contributed by atoms with Crippen LogP contribution >= 0.6 is 15.9 Å². The summed E-state index contributed by atoms with van der Waals surface area (Å²) in [5, 5.41) is 3.17. The average Bonchev–Trinajstić information content (AvgIpc) is 2.40. The highest BCUT2D eigenvalue weighted by atomic mass is 79.9. The molecule has 0 aliphatic heterocycles. The minimum absolute atomic E-state index is 0.125. The van der Waals surface area contributed by atoms with Gasteiger partial charge in [-0.1, -0.05) is 40.2 Å². The van der Waals surface area contributed by atoms with Gasteiger partial charge in [-0.15, -0.1) is 0 Å². The highest BCUT2D eigenvalue weighted by molar-refractivity contribution is 9.10. The minimum Gasteiger partial charge on any atom is -0.347 e. The molecule has 0 aromatic heterocycles. The Kier molecular flexibility index (Phi) is 4.46. The third-order valence-electron chi connectivity index (χ3n) is 3.64. The van der Waals surface area contributed by atoms with Crippen LogP contribution in [0, 0.1) is 5.92 Å². The Morgan fingerprint density at radius 3 is 2.53 bits per heavy atom. The lowest BCUT2D eigenvalue weighted by molar-refractivity contribution is -0.127. The molecule has 0 saturated carbocycles. The Labute approximate surface area is 123 Å². The molecule has 19 heavy (non-hydrogen) atoms. The summed E-state index contributed by atoms with van der Waals surface area (Å²) in [7, 11) is 0. The van der Waals surface area contributed by atoms with Crippen molar-refractivity contribution in [3.8, 4) is 0 Å². The molecule has 2 rings (SSSR count). The Balaban J connectivity index is 2.05. The van der Waals surface area contributed by atoms with Crippen LogP contribution < -0.4 is 5.32 Å². The van der Waals surface area contributed by atoms with E-state index in [1.807, 2.05) is 38.1 Å². The molecule has 3 heteroatoms. The Hall–Kier alpha value is -1.09. The van der Waals surface area contributed by atoms with Crippen LogP contribution in [0.2, 0.25) is 0 Å². The zero-order valence-electron chi connectivity index (χ0n) is 11.4. The van der Waals surface area contributed by atoms with Crippen LogP contribution in [0.15, 0.2) is 40.9 Å². The van der Waals surface area contributed by atoms with Crippen LogP contribution in [0.1, 0.15) is 38.7 Å². The van der Waals surface area contributed by atoms with Gasteiger partial charge in [0, 0.05) is 10.4 Å². The Morgan fingerprint density at radius 1 is 1.26 bits per heavy atom. The smallest absolute Gasteiger partial charge is 0.224 e. The molecule has 1 N–H and O–H groups in total. The molecule has 0 spiro atoms. The van der Waals surface area contributed by atoms with Crippen molar-refractivity contribution in [2.24, 2.45) is 5.92 Å². The van der Waals surface area contributed by atoms with Gasteiger partial charge in [-0.2, -0.15) is 0 Å². The first-order chi connectivity index (χ1) is 8.99. The van der Waals surface area contributed by atoms with Crippen molar-refractivity contribution in [2.45, 2.75) is 38.6 Å². The van der Waals surface area contributed by atoms with Crippen molar-refractivity contribution in [3.63, 3.8) is 0 Å². The lowest BCUT2D eigenvalue weighted by atomic mass is 9.90. The second-order valence-corrected chi connectivity index (χ2v) is 6.52. The molecule has 1 atom stereocenters. The summed E-state index contributed by atoms with van der Waals surface area (Å²) in [6, 6.07) is 8.11. The zero-order valence-corrected chi connectivity index (χ0v) is 13.0. The van der Waals surface area contributed by atoms with Crippen LogP contribution in [0.5, 0.6) is 0 Å². The third kappa shape index (κ3) is 3.69. The summed E-state index contributed by atoms with van der Waals surface area (Å²) in [6.07, 6.45) is 7.10. The molecule has 0 radical (unpaired) electrons. The van der Waals surface area contributed by atoms with Crippen molar-refractivity contribution >= 4 is 21.8 Å². The molecule has 0 fully saturated rings. The number of hydrogen-bond acceptors (Lipinski definition) is 1. The van der Waals surface area contributed by atoms with Gasteiger partial charge in [-0.3, -0.25) is 4.79 Å². The number of halogens is 1. The zero-order chi connectivity index (χ0) is 13.9. The number of carbonyl (C=O) groups excluding carboxylic acids is 1. The number of carbonyl (C=O) groups is 1. The van der Waals surface area contributed by atoms with Gasteiger partial charge in [-0.25, -0.2) is 0 Å². The van der Waals surface area contributed by atoms with Crippen molar-refractivity contribution in [2.75, 3.05) is 0 Å². The number of hydrogen-bond donors (Lipinski definition) is 1. The fourth-order valence-corrected chi connectivity index (χ4v) is 2.64. The van der Waals surface area contributed by atoms with E-state index in [9.17, 15) is 4.79 Å². The maximum Gasteiger partial charge on any atom is 0.224 e. The minimum atomic E-state index is -0.334. The van der Waals surface area contributed by atoms with E-state index >= 15 is 0 Å². The molecule has 0 heterocycles. The maximum atomic E-state index is 12.3. The van der Waals surface area contributed by atoms with Crippen LogP contribution in [0.4, 0.5) is 0 Å². The van der Waals surface area contributed by atoms with E-state index in [4.69, 9.17) is 0 Å². The molecule has 1 aliphatic carbocycles. The number of benzene rings is 1. The summed E-state index contributed by atoms with van der Waals surface area (Å²) in [5.74, 6) is 0.289. The van der Waals surface area contributed by atoms with Gasteiger partial charge in [0.25, 0.3) is 0 Å². The number of nitrogens with one attached hydrogen (secondary N) is 1. The monoisotopic (exact) mass is 321 g/mol. The predicted molar refractivity (Wildman–Crippen MR) is 81.8 cm³/mol. The fraction of sp³-hybridized carbons (Fsp3) is 0.438. The molecular formula is C16H20BrNO. The molecule has 1 aromatic rings. The van der Waals surface area contributed by atoms with Crippen LogP contribution in [0.3, 0.4) is 0 Å². The maximum absolute atomic E-state index is 12.3. The van der Waals surface area contributed by atoms with E-state index in [2.05, 4.69) is 33.4 Å². The van der Waals surface area contributed by atoms with Crippen molar-refractivity contribution in [1.82, 2.24) is 5.32 Å². The summed E-state index contributed by atoms with van der Waals surface area (Å²) in [5.41, 5.74) is 0.786. The van der Waals surface area contributed by atoms with Gasteiger partial charge in [0.1, 0.15) is 0 Å². The van der Waals surface area contributed by atoms with Crippen molar-refractivity contribution in [1.29, 1.82) is 0 Å². The van der Waals surface area contributed by atoms with Gasteiger partial charge in [-0.05, 0) is 50.8 Å². The highest BCUT2D eigenvalue weighted by Gasteiger charge is 2.27. The molecule has 1 aromatic carbocycles. The summed E-state index contributed by atoms with van der Waals surface area (Å²) < 4.78 is 1.05. The number of amides is 1. The molecule has 1 aliphatic rings. The molecule has 0 saturated heterocycles. The Morgan fingerprint density at radius 2 is 1.95 bits per heavy atom. The lowest BCUT2D eigenvalue weighted by Gasteiger charge is -2.29. The van der Waals surface area contributed by atoms with Gasteiger partial charge in [0.2, 0.25) is 5.91 Å². The topological polar surface area (TPSA) is 29.1 Å². The summed E-state index contributed by atoms with van der Waals surface area (Å²) >= 11 is 3.43. The quantitative estimate of drug-likeness (QED) is 0.832. The molecule has 102 valence electrons. The highest BCUT2D eigenvalue weighted by Crippen LogP contribution is 2.25. The lowest BCUT2D eigenvalue weighted by Crippen LogP contribution is -2.44. The van der Waals surface area contributed by atoms with E-state index in [0.717, 1.165) is 29.3 Å². The Bertz CT molecular complexity index is 476. The summed E-state index contributed by atoms with van der Waals surface area (Å²) in [6.45, 7) is 4.10. The van der Waals surface area contributed by atoms with E-state index < -0.39 is 0 Å². The van der Waals surface area contributed by atoms with Crippen molar-refractivity contribution in [3.05, 3.63) is 46.5 Å². The largest absolute Gasteiger partial charge is 0.347 e. The molecule has 1 unspecified atom stereocenters. The third-order valence-corrected chi connectivity index (χ3v) is 4.17. The molecule has 0 bridgehead atoms. The second kappa shape index (κ2) is 5.91. The van der Waals surface area contributed by atoms with E-state index in [0.29, 0.717) is 0 Å². The second-order valence-electron chi connectivity index (χ2n) is 5.60.